The summed E-state index contributed by atoms with van der Waals surface area (Å²) >= 11 is 0. The van der Waals surface area contributed by atoms with Gasteiger partial charge in [-0.25, -0.2) is 13.9 Å². The molecule has 0 aliphatic heterocycles. The van der Waals surface area contributed by atoms with Gasteiger partial charge in [0.15, 0.2) is 5.82 Å². The van der Waals surface area contributed by atoms with Gasteiger partial charge in [-0.15, -0.1) is 5.10 Å². The van der Waals surface area contributed by atoms with Crippen LogP contribution in [0.3, 0.4) is 0 Å². The van der Waals surface area contributed by atoms with Crippen LogP contribution in [0.1, 0.15) is 75.3 Å². The van der Waals surface area contributed by atoms with Gasteiger partial charge in [0.25, 0.3) is 0 Å². The van der Waals surface area contributed by atoms with Crippen LogP contribution < -0.4 is 10.6 Å². The highest BCUT2D eigenvalue weighted by Crippen LogP contribution is 2.36. The fourth-order valence-corrected chi connectivity index (χ4v) is 6.64. The number of nitrogens with zero attached hydrogens (tertiary/aromatic N) is 5. The minimum Gasteiger partial charge on any atom is -0.335 e. The lowest BCUT2D eigenvalue weighted by atomic mass is 9.79. The number of hydrogen-bond donors (Lipinski definition) is 2. The van der Waals surface area contributed by atoms with E-state index in [9.17, 15) is 9.18 Å². The Bertz CT molecular complexity index is 1280. The van der Waals surface area contributed by atoms with Gasteiger partial charge in [-0.2, -0.15) is 0 Å². The molecular weight excluding hydrogens is 505 g/mol. The van der Waals surface area contributed by atoms with E-state index in [1.54, 1.807) is 16.8 Å². The Morgan fingerprint density at radius 2 is 1.88 bits per heavy atom. The molecule has 40 heavy (non-hydrogen) atoms. The van der Waals surface area contributed by atoms with Crippen molar-refractivity contribution in [3.63, 3.8) is 0 Å². The Hall–Kier alpha value is -3.33. The summed E-state index contributed by atoms with van der Waals surface area (Å²) in [6.45, 7) is 3.07. The predicted molar refractivity (Wildman–Crippen MR) is 156 cm³/mol. The monoisotopic (exact) mass is 547 g/mol. The van der Waals surface area contributed by atoms with Crippen molar-refractivity contribution < 1.29 is 9.18 Å². The quantitative estimate of drug-likeness (QED) is 0.366. The number of tetrazole rings is 1. The molecule has 5 rings (SSSR count). The van der Waals surface area contributed by atoms with Crippen LogP contribution in [0.4, 0.5) is 14.9 Å². The van der Waals surface area contributed by atoms with E-state index in [1.807, 2.05) is 31.3 Å². The molecule has 0 radical (unpaired) electrons. The first-order valence-corrected chi connectivity index (χ1v) is 14.8. The zero-order valence-electron chi connectivity index (χ0n) is 23.9. The molecule has 9 heteroatoms. The average molecular weight is 548 g/mol. The summed E-state index contributed by atoms with van der Waals surface area (Å²) in [6, 6.07) is 13.6. The maximum absolute atomic E-state index is 13.4. The fourth-order valence-electron chi connectivity index (χ4n) is 6.64. The van der Waals surface area contributed by atoms with Crippen LogP contribution in [-0.4, -0.2) is 56.8 Å². The molecule has 3 aromatic rings. The number of aryl methyl sites for hydroxylation is 2. The number of carbonyl (C=O) groups excluding carboxylic acids is 1. The molecule has 2 aliphatic carbocycles. The largest absolute Gasteiger partial charge is 0.335 e. The van der Waals surface area contributed by atoms with E-state index in [2.05, 4.69) is 51.1 Å². The Morgan fingerprint density at radius 1 is 1.07 bits per heavy atom. The van der Waals surface area contributed by atoms with Gasteiger partial charge in [-0.3, -0.25) is 0 Å². The van der Waals surface area contributed by atoms with Gasteiger partial charge >= 0.3 is 6.03 Å². The van der Waals surface area contributed by atoms with Crippen LogP contribution in [0, 0.1) is 11.7 Å². The first-order chi connectivity index (χ1) is 19.4. The summed E-state index contributed by atoms with van der Waals surface area (Å²) in [4.78, 5) is 15.7. The summed E-state index contributed by atoms with van der Waals surface area (Å²) in [5, 5.41) is 18.2. The lowest BCUT2D eigenvalue weighted by Gasteiger charge is -2.40. The number of anilines is 1. The van der Waals surface area contributed by atoms with Crippen molar-refractivity contribution in [3.8, 4) is 11.4 Å². The summed E-state index contributed by atoms with van der Waals surface area (Å²) in [7, 11) is 4.05. The van der Waals surface area contributed by atoms with E-state index in [1.165, 1.54) is 24.8 Å². The van der Waals surface area contributed by atoms with Crippen molar-refractivity contribution >= 4 is 11.7 Å². The Morgan fingerprint density at radius 3 is 2.62 bits per heavy atom. The van der Waals surface area contributed by atoms with E-state index < -0.39 is 0 Å². The molecule has 4 atom stereocenters. The topological polar surface area (TPSA) is 88.0 Å². The van der Waals surface area contributed by atoms with Crippen molar-refractivity contribution in [1.82, 2.24) is 30.4 Å². The smallest absolute Gasteiger partial charge is 0.319 e. The number of benzene rings is 2. The zero-order valence-corrected chi connectivity index (χ0v) is 23.9. The first kappa shape index (κ1) is 28.2. The summed E-state index contributed by atoms with van der Waals surface area (Å²) in [6.07, 6.45) is 9.95. The van der Waals surface area contributed by atoms with Gasteiger partial charge in [0.05, 0.1) is 0 Å². The number of hydrogen-bond acceptors (Lipinski definition) is 5. The molecule has 2 aliphatic rings. The minimum atomic E-state index is -0.172. The number of carbonyl (C=O) groups is 1. The van der Waals surface area contributed by atoms with Crippen LogP contribution in [0.5, 0.6) is 0 Å². The first-order valence-electron chi connectivity index (χ1n) is 14.8. The lowest BCUT2D eigenvalue weighted by molar-refractivity contribution is 0.127. The molecule has 0 unspecified atom stereocenters. The molecule has 1 aromatic heterocycles. The number of rotatable bonds is 8. The molecule has 0 saturated heterocycles. The molecule has 2 saturated carbocycles. The normalized spacial score (nSPS) is 23.2. The van der Waals surface area contributed by atoms with E-state index >= 15 is 0 Å². The predicted octanol–water partition coefficient (Wildman–Crippen LogP) is 5.92. The van der Waals surface area contributed by atoms with Crippen molar-refractivity contribution in [2.75, 3.05) is 18.9 Å². The maximum Gasteiger partial charge on any atom is 0.319 e. The number of urea groups is 1. The Labute approximate surface area is 236 Å². The number of aromatic nitrogens is 4. The molecular formula is C31H42FN7O. The third-order valence-electron chi connectivity index (χ3n) is 8.90. The molecule has 0 spiro atoms. The number of halogens is 1. The third-order valence-corrected chi connectivity index (χ3v) is 8.90. The highest BCUT2D eigenvalue weighted by atomic mass is 19.1. The van der Waals surface area contributed by atoms with Crippen LogP contribution >= 0.6 is 0 Å². The number of nitrogens with one attached hydrogen (secondary N) is 2. The second-order valence-electron chi connectivity index (χ2n) is 11.7. The van der Waals surface area contributed by atoms with Crippen molar-refractivity contribution in [3.05, 3.63) is 59.4 Å². The highest BCUT2D eigenvalue weighted by Gasteiger charge is 2.31. The van der Waals surface area contributed by atoms with Gasteiger partial charge < -0.3 is 15.5 Å². The molecule has 2 amide bonds. The Kier molecular flexibility index (Phi) is 9.09. The van der Waals surface area contributed by atoms with E-state index in [0.717, 1.165) is 61.9 Å². The Balaban J connectivity index is 1.20. The van der Waals surface area contributed by atoms with Crippen LogP contribution in [0.25, 0.3) is 11.4 Å². The van der Waals surface area contributed by atoms with Crippen molar-refractivity contribution in [2.24, 2.45) is 13.0 Å². The van der Waals surface area contributed by atoms with Gasteiger partial charge in [-0.1, -0.05) is 38.3 Å². The van der Waals surface area contributed by atoms with E-state index in [4.69, 9.17) is 0 Å². The summed E-state index contributed by atoms with van der Waals surface area (Å²) in [5.41, 5.74) is 3.98. The van der Waals surface area contributed by atoms with E-state index in [-0.39, 0.29) is 17.9 Å². The van der Waals surface area contributed by atoms with Gasteiger partial charge in [-0.05, 0) is 109 Å². The van der Waals surface area contributed by atoms with Crippen molar-refractivity contribution in [2.45, 2.75) is 82.7 Å². The lowest BCUT2D eigenvalue weighted by Crippen LogP contribution is -2.49. The van der Waals surface area contributed by atoms with Crippen LogP contribution in [-0.2, 0) is 13.5 Å². The van der Waals surface area contributed by atoms with Crippen LogP contribution in [0.2, 0.25) is 0 Å². The zero-order chi connectivity index (χ0) is 28.1. The maximum atomic E-state index is 13.4. The van der Waals surface area contributed by atoms with Gasteiger partial charge in [0.1, 0.15) is 5.82 Å². The molecule has 8 nitrogen and oxygen atoms in total. The van der Waals surface area contributed by atoms with Crippen molar-refractivity contribution in [1.29, 1.82) is 0 Å². The second kappa shape index (κ2) is 12.9. The minimum absolute atomic E-state index is 0.143. The highest BCUT2D eigenvalue weighted by molar-refractivity contribution is 5.90. The van der Waals surface area contributed by atoms with Gasteiger partial charge in [0.2, 0.25) is 0 Å². The van der Waals surface area contributed by atoms with Crippen LogP contribution in [0.15, 0.2) is 42.5 Å². The second-order valence-corrected chi connectivity index (χ2v) is 11.7. The summed E-state index contributed by atoms with van der Waals surface area (Å²) < 4.78 is 15.1. The fraction of sp³-hybridized carbons (Fsp3) is 0.548. The average Bonchev–Trinajstić information content (AvgIpc) is 3.40. The number of amides is 2. The van der Waals surface area contributed by atoms with Gasteiger partial charge in [0, 0.05) is 36.9 Å². The molecule has 1 heterocycles. The molecule has 2 fully saturated rings. The third kappa shape index (κ3) is 6.86. The molecule has 2 N–H and O–H groups in total. The molecule has 0 bridgehead atoms. The SMILES string of the molecule is CCc1cc(NC(=O)N[C@@H]2CCCC[C@H]2CN(C)[C@@H]2CCC[C@H](c3ccc(F)cc3)C2)cc(-c2nnnn2C)c1. The van der Waals surface area contributed by atoms with E-state index in [0.29, 0.717) is 23.7 Å². The summed E-state index contributed by atoms with van der Waals surface area (Å²) in [5.74, 6) is 1.39. The molecule has 2 aromatic carbocycles. The molecule has 214 valence electrons. The standard InChI is InChI=1S/C31H42FN7O/c1-4-21-16-25(30-35-36-37-39(30)3)18-27(17-21)33-31(40)34-29-11-6-5-8-24(29)20-38(2)28-10-7-9-23(19-28)22-12-14-26(32)15-13-22/h12-18,23-24,28-29H,4-11,19-20H2,1-3H3,(H2,33,34,40)/t23-,24-,28+,29+/m0/s1.